The summed E-state index contributed by atoms with van der Waals surface area (Å²) in [5, 5.41) is 0. The normalized spacial score (nSPS) is 12.6. The molecule has 0 fully saturated rings. The molecule has 0 aromatic heterocycles. The Hall–Kier alpha value is -0.0400. The molecule has 0 radical (unpaired) electrons. The molecule has 0 bridgehead atoms. The van der Waals surface area contributed by atoms with Gasteiger partial charge in [0.1, 0.15) is 0 Å². The molecule has 0 aliphatic rings. The fourth-order valence-corrected chi connectivity index (χ4v) is 6.07. The Morgan fingerprint density at radius 1 is 0.342 bits per heavy atom. The molecular weight excluding hydrogens is 458 g/mol. The lowest BCUT2D eigenvalue weighted by atomic mass is 10.00. The van der Waals surface area contributed by atoms with Crippen LogP contribution in [0.25, 0.3) is 0 Å². The van der Waals surface area contributed by atoms with Gasteiger partial charge in [0.15, 0.2) is 0 Å². The van der Waals surface area contributed by atoms with E-state index in [2.05, 4.69) is 32.6 Å². The summed E-state index contributed by atoms with van der Waals surface area (Å²) in [5.41, 5.74) is 0. The highest BCUT2D eigenvalue weighted by atomic mass is 15.1. The third-order valence-electron chi connectivity index (χ3n) is 8.78. The SMILES string of the molecule is CCCCCCCCCCCCCCCCN(CCCC)CC(C)CCCCCCCCCCCCCC. The Bertz CT molecular complexity index is 406. The predicted molar refractivity (Wildman–Crippen MR) is 177 cm³/mol. The molecule has 0 aromatic carbocycles. The summed E-state index contributed by atoms with van der Waals surface area (Å²) in [6, 6.07) is 0. The van der Waals surface area contributed by atoms with E-state index in [1.807, 2.05) is 0 Å². The van der Waals surface area contributed by atoms with Gasteiger partial charge in [0.25, 0.3) is 0 Å². The first-order valence-corrected chi connectivity index (χ1v) is 18.5. The highest BCUT2D eigenvalue weighted by Gasteiger charge is 2.10. The molecule has 1 unspecified atom stereocenters. The Labute approximate surface area is 244 Å². The minimum Gasteiger partial charge on any atom is -0.303 e. The van der Waals surface area contributed by atoms with Crippen molar-refractivity contribution < 1.29 is 0 Å². The first-order chi connectivity index (χ1) is 18.7. The van der Waals surface area contributed by atoms with E-state index < -0.39 is 0 Å². The van der Waals surface area contributed by atoms with E-state index in [-0.39, 0.29) is 0 Å². The molecule has 0 saturated heterocycles. The third-order valence-corrected chi connectivity index (χ3v) is 8.78. The molecule has 0 amide bonds. The Morgan fingerprint density at radius 2 is 0.632 bits per heavy atom. The lowest BCUT2D eigenvalue weighted by Crippen LogP contribution is -2.30. The summed E-state index contributed by atoms with van der Waals surface area (Å²) in [4.78, 5) is 2.81. The summed E-state index contributed by atoms with van der Waals surface area (Å²) in [6.07, 6.45) is 42.1. The fraction of sp³-hybridized carbons (Fsp3) is 1.00. The van der Waals surface area contributed by atoms with Crippen molar-refractivity contribution in [3.63, 3.8) is 0 Å². The molecule has 0 aliphatic carbocycles. The van der Waals surface area contributed by atoms with Crippen LogP contribution < -0.4 is 0 Å². The minimum absolute atomic E-state index is 0.877. The second-order valence-corrected chi connectivity index (χ2v) is 13.0. The largest absolute Gasteiger partial charge is 0.303 e. The zero-order valence-corrected chi connectivity index (χ0v) is 27.7. The van der Waals surface area contributed by atoms with E-state index in [0.29, 0.717) is 0 Å². The zero-order valence-electron chi connectivity index (χ0n) is 27.7. The molecule has 1 nitrogen and oxygen atoms in total. The summed E-state index contributed by atoms with van der Waals surface area (Å²) in [7, 11) is 0. The van der Waals surface area contributed by atoms with Gasteiger partial charge in [0.2, 0.25) is 0 Å². The van der Waals surface area contributed by atoms with Gasteiger partial charge in [0.05, 0.1) is 0 Å². The van der Waals surface area contributed by atoms with Gasteiger partial charge in [0, 0.05) is 6.54 Å². The van der Waals surface area contributed by atoms with E-state index in [4.69, 9.17) is 0 Å². The van der Waals surface area contributed by atoms with Gasteiger partial charge in [-0.15, -0.1) is 0 Å². The predicted octanol–water partition coefficient (Wildman–Crippen LogP) is 13.3. The van der Waals surface area contributed by atoms with Crippen LogP contribution in [0.2, 0.25) is 0 Å². The molecule has 230 valence electrons. The van der Waals surface area contributed by atoms with Crippen molar-refractivity contribution in [2.75, 3.05) is 19.6 Å². The molecule has 0 spiro atoms. The maximum Gasteiger partial charge on any atom is 0.000702 e. The van der Waals surface area contributed by atoms with Crippen LogP contribution in [0.15, 0.2) is 0 Å². The molecular formula is C37H77N. The number of hydrogen-bond donors (Lipinski definition) is 0. The monoisotopic (exact) mass is 536 g/mol. The quantitative estimate of drug-likeness (QED) is 0.0755. The smallest absolute Gasteiger partial charge is 0.000702 e. The van der Waals surface area contributed by atoms with Crippen molar-refractivity contribution >= 4 is 0 Å². The number of unbranched alkanes of at least 4 members (excludes halogenated alkanes) is 25. The van der Waals surface area contributed by atoms with Crippen LogP contribution in [-0.2, 0) is 0 Å². The molecule has 0 saturated carbocycles. The van der Waals surface area contributed by atoms with Crippen LogP contribution in [-0.4, -0.2) is 24.5 Å². The summed E-state index contributed by atoms with van der Waals surface area (Å²) in [6.45, 7) is 13.5. The van der Waals surface area contributed by atoms with Crippen LogP contribution in [0.1, 0.15) is 214 Å². The summed E-state index contributed by atoms with van der Waals surface area (Å²) < 4.78 is 0. The van der Waals surface area contributed by atoms with Crippen LogP contribution in [0.4, 0.5) is 0 Å². The van der Waals surface area contributed by atoms with Gasteiger partial charge in [-0.2, -0.15) is 0 Å². The topological polar surface area (TPSA) is 3.24 Å². The number of nitrogens with zero attached hydrogens (tertiary/aromatic N) is 1. The standard InChI is InChI=1S/C37H77N/c1-5-8-11-13-15-17-19-21-22-24-26-28-30-32-35-38(34-10-7-3)36-37(4)33-31-29-27-25-23-20-18-16-14-12-9-6-2/h37H,5-36H2,1-4H3. The van der Waals surface area contributed by atoms with Crippen molar-refractivity contribution in [3.8, 4) is 0 Å². The van der Waals surface area contributed by atoms with E-state index in [9.17, 15) is 0 Å². The lowest BCUT2D eigenvalue weighted by molar-refractivity contribution is 0.222. The molecule has 1 atom stereocenters. The zero-order chi connectivity index (χ0) is 27.8. The summed E-state index contributed by atoms with van der Waals surface area (Å²) >= 11 is 0. The Kier molecular flexibility index (Phi) is 33.1. The van der Waals surface area contributed by atoms with Crippen molar-refractivity contribution in [1.82, 2.24) is 4.90 Å². The van der Waals surface area contributed by atoms with Crippen LogP contribution >= 0.6 is 0 Å². The fourth-order valence-electron chi connectivity index (χ4n) is 6.07. The van der Waals surface area contributed by atoms with Crippen LogP contribution in [0.5, 0.6) is 0 Å². The van der Waals surface area contributed by atoms with Gasteiger partial charge in [-0.1, -0.05) is 195 Å². The van der Waals surface area contributed by atoms with Crippen molar-refractivity contribution in [3.05, 3.63) is 0 Å². The van der Waals surface area contributed by atoms with Gasteiger partial charge in [-0.05, 0) is 38.3 Å². The summed E-state index contributed by atoms with van der Waals surface area (Å²) in [5.74, 6) is 0.877. The average molecular weight is 536 g/mol. The van der Waals surface area contributed by atoms with Gasteiger partial charge < -0.3 is 4.90 Å². The lowest BCUT2D eigenvalue weighted by Gasteiger charge is -2.26. The molecule has 0 rings (SSSR count). The second-order valence-electron chi connectivity index (χ2n) is 13.0. The first-order valence-electron chi connectivity index (χ1n) is 18.5. The third kappa shape index (κ3) is 30.5. The van der Waals surface area contributed by atoms with Crippen molar-refractivity contribution in [2.24, 2.45) is 5.92 Å². The maximum atomic E-state index is 2.81. The Balaban J connectivity index is 3.61. The maximum absolute atomic E-state index is 2.81. The molecule has 0 aromatic rings. The van der Waals surface area contributed by atoms with E-state index in [1.165, 1.54) is 206 Å². The van der Waals surface area contributed by atoms with E-state index >= 15 is 0 Å². The minimum atomic E-state index is 0.877. The first kappa shape index (κ1) is 38.0. The molecule has 38 heavy (non-hydrogen) atoms. The number of rotatable bonds is 33. The molecule has 0 heterocycles. The van der Waals surface area contributed by atoms with Crippen LogP contribution in [0, 0.1) is 5.92 Å². The molecule has 0 N–H and O–H groups in total. The van der Waals surface area contributed by atoms with Gasteiger partial charge >= 0.3 is 0 Å². The Morgan fingerprint density at radius 3 is 1.00 bits per heavy atom. The van der Waals surface area contributed by atoms with E-state index in [0.717, 1.165) is 5.92 Å². The second kappa shape index (κ2) is 33.2. The molecule has 1 heteroatoms. The molecule has 0 aliphatic heterocycles. The van der Waals surface area contributed by atoms with E-state index in [1.54, 1.807) is 0 Å². The highest BCUT2D eigenvalue weighted by Crippen LogP contribution is 2.17. The van der Waals surface area contributed by atoms with Gasteiger partial charge in [-0.3, -0.25) is 0 Å². The van der Waals surface area contributed by atoms with Crippen molar-refractivity contribution in [2.45, 2.75) is 214 Å². The average Bonchev–Trinajstić information content (AvgIpc) is 2.92. The number of hydrogen-bond acceptors (Lipinski definition) is 1. The van der Waals surface area contributed by atoms with Crippen LogP contribution in [0.3, 0.4) is 0 Å². The highest BCUT2D eigenvalue weighted by molar-refractivity contribution is 4.64. The van der Waals surface area contributed by atoms with Gasteiger partial charge in [-0.25, -0.2) is 0 Å². The van der Waals surface area contributed by atoms with Crippen molar-refractivity contribution in [1.29, 1.82) is 0 Å².